The molecule has 3 rings (SSSR count). The number of nitro groups is 1. The van der Waals surface area contributed by atoms with Crippen molar-refractivity contribution in [2.24, 2.45) is 5.92 Å². The van der Waals surface area contributed by atoms with Gasteiger partial charge in [0, 0.05) is 25.0 Å². The zero-order valence-electron chi connectivity index (χ0n) is 12.1. The molecule has 2 unspecified atom stereocenters. The van der Waals surface area contributed by atoms with Gasteiger partial charge >= 0.3 is 5.69 Å². The van der Waals surface area contributed by atoms with Crippen molar-refractivity contribution >= 4 is 31.9 Å². The predicted molar refractivity (Wildman–Crippen MR) is 83.2 cm³/mol. The highest BCUT2D eigenvalue weighted by Gasteiger charge is 2.36. The lowest BCUT2D eigenvalue weighted by Gasteiger charge is -2.30. The van der Waals surface area contributed by atoms with Crippen molar-refractivity contribution in [1.82, 2.24) is 0 Å². The van der Waals surface area contributed by atoms with Crippen LogP contribution in [-0.4, -0.2) is 38.3 Å². The minimum Gasteiger partial charge on any atom is -0.378 e. The van der Waals surface area contributed by atoms with Crippen LogP contribution in [0.5, 0.6) is 0 Å². The van der Waals surface area contributed by atoms with Crippen LogP contribution in [0.15, 0.2) is 10.3 Å². The topological polar surface area (TPSA) is 98.5 Å². The summed E-state index contributed by atoms with van der Waals surface area (Å²) in [5, 5.41) is 14.6. The summed E-state index contributed by atoms with van der Waals surface area (Å²) in [6.45, 7) is 0.636. The Morgan fingerprint density at radius 1 is 1.41 bits per heavy atom. The van der Waals surface area contributed by atoms with Crippen molar-refractivity contribution in [3.05, 3.63) is 16.2 Å². The Balaban J connectivity index is 1.78. The number of nitrogens with zero attached hydrogens (tertiary/aromatic N) is 1. The molecule has 0 amide bonds. The molecule has 0 spiro atoms. The summed E-state index contributed by atoms with van der Waals surface area (Å²) in [5.41, 5.74) is -0.167. The molecule has 1 N–H and O–H groups in total. The van der Waals surface area contributed by atoms with Gasteiger partial charge in [0.25, 0.3) is 0 Å². The van der Waals surface area contributed by atoms with Crippen LogP contribution in [0, 0.1) is 16.0 Å². The van der Waals surface area contributed by atoms with Crippen LogP contribution < -0.4 is 5.32 Å². The Kier molecular flexibility index (Phi) is 4.13. The average Bonchev–Trinajstić information content (AvgIpc) is 3.19. The van der Waals surface area contributed by atoms with Gasteiger partial charge in [-0.2, -0.15) is 0 Å². The standard InChI is InChI=1S/C13H18N2O5S2/c1-22(18,19)12-7-10(15(16)17)13(21-12)14-9-4-5-20-11(6-9)8-2-3-8/h7-9,11,14H,2-6H2,1H3. The van der Waals surface area contributed by atoms with Gasteiger partial charge in [0.2, 0.25) is 0 Å². The largest absolute Gasteiger partial charge is 0.378 e. The third kappa shape index (κ3) is 3.41. The Morgan fingerprint density at radius 2 is 2.14 bits per heavy atom. The molecule has 0 radical (unpaired) electrons. The molecule has 0 aromatic carbocycles. The summed E-state index contributed by atoms with van der Waals surface area (Å²) in [6, 6.07) is 1.23. The molecule has 0 bridgehead atoms. The van der Waals surface area contributed by atoms with E-state index < -0.39 is 14.8 Å². The van der Waals surface area contributed by atoms with Crippen molar-refractivity contribution in [3.63, 3.8) is 0 Å². The molecule has 2 atom stereocenters. The number of anilines is 1. The summed E-state index contributed by atoms with van der Waals surface area (Å²) in [6.07, 6.45) is 5.24. The van der Waals surface area contributed by atoms with Crippen molar-refractivity contribution in [2.45, 2.75) is 42.0 Å². The number of rotatable bonds is 5. The lowest BCUT2D eigenvalue weighted by Crippen LogP contribution is -2.35. The number of hydrogen-bond acceptors (Lipinski definition) is 7. The van der Waals surface area contributed by atoms with E-state index in [9.17, 15) is 18.5 Å². The van der Waals surface area contributed by atoms with Gasteiger partial charge in [-0.3, -0.25) is 10.1 Å². The first-order chi connectivity index (χ1) is 10.3. The Bertz CT molecular complexity index is 681. The minimum absolute atomic E-state index is 0.0208. The molecule has 7 nitrogen and oxygen atoms in total. The second-order valence-electron chi connectivity index (χ2n) is 5.92. The highest BCUT2D eigenvalue weighted by Crippen LogP contribution is 2.41. The van der Waals surface area contributed by atoms with Crippen LogP contribution in [0.4, 0.5) is 10.7 Å². The quantitative estimate of drug-likeness (QED) is 0.649. The van der Waals surface area contributed by atoms with Gasteiger partial charge in [0.15, 0.2) is 14.8 Å². The first-order valence-corrected chi connectivity index (χ1v) is 9.92. The van der Waals surface area contributed by atoms with Crippen LogP contribution >= 0.6 is 11.3 Å². The molecule has 1 saturated carbocycles. The zero-order chi connectivity index (χ0) is 15.9. The third-order valence-corrected chi connectivity index (χ3v) is 6.91. The van der Waals surface area contributed by atoms with Crippen LogP contribution in [-0.2, 0) is 14.6 Å². The summed E-state index contributed by atoms with van der Waals surface area (Å²) >= 11 is 0.932. The van der Waals surface area contributed by atoms with E-state index in [-0.39, 0.29) is 22.0 Å². The smallest absolute Gasteiger partial charge is 0.304 e. The number of sulfone groups is 1. The maximum Gasteiger partial charge on any atom is 0.304 e. The molecular formula is C13H18N2O5S2. The van der Waals surface area contributed by atoms with E-state index in [1.165, 1.54) is 12.8 Å². The van der Waals surface area contributed by atoms with Crippen molar-refractivity contribution in [1.29, 1.82) is 0 Å². The molecule has 1 aromatic rings. The third-order valence-electron chi connectivity index (χ3n) is 4.05. The monoisotopic (exact) mass is 346 g/mol. The number of hydrogen-bond donors (Lipinski definition) is 1. The molecule has 1 aromatic heterocycles. The van der Waals surface area contributed by atoms with E-state index in [1.54, 1.807) is 0 Å². The first-order valence-electron chi connectivity index (χ1n) is 7.21. The first kappa shape index (κ1) is 15.7. The SMILES string of the molecule is CS(=O)(=O)c1cc([N+](=O)[O-])c(NC2CCOC(C3CC3)C2)s1. The van der Waals surface area contributed by atoms with Crippen molar-refractivity contribution in [3.8, 4) is 0 Å². The molecule has 2 aliphatic rings. The van der Waals surface area contributed by atoms with Crippen LogP contribution in [0.2, 0.25) is 0 Å². The molecule has 1 aliphatic carbocycles. The molecule has 2 heterocycles. The lowest BCUT2D eigenvalue weighted by atomic mass is 10.0. The van der Waals surface area contributed by atoms with Crippen molar-refractivity contribution in [2.75, 3.05) is 18.2 Å². The lowest BCUT2D eigenvalue weighted by molar-refractivity contribution is -0.383. The van der Waals surface area contributed by atoms with Gasteiger partial charge in [-0.15, -0.1) is 0 Å². The summed E-state index contributed by atoms with van der Waals surface area (Å²) < 4.78 is 29.0. The molecule has 122 valence electrons. The number of nitrogens with one attached hydrogen (secondary N) is 1. The van der Waals surface area contributed by atoms with Gasteiger partial charge in [0.05, 0.1) is 11.0 Å². The van der Waals surface area contributed by atoms with E-state index in [4.69, 9.17) is 4.74 Å². The fourth-order valence-corrected chi connectivity index (χ4v) is 4.74. The molecule has 2 fully saturated rings. The summed E-state index contributed by atoms with van der Waals surface area (Å²) in [4.78, 5) is 10.6. The van der Waals surface area contributed by atoms with Crippen molar-refractivity contribution < 1.29 is 18.1 Å². The van der Waals surface area contributed by atoms with E-state index in [0.717, 1.165) is 36.5 Å². The number of ether oxygens (including phenoxy) is 1. The van der Waals surface area contributed by atoms with E-state index in [0.29, 0.717) is 17.5 Å². The van der Waals surface area contributed by atoms with Crippen LogP contribution in [0.1, 0.15) is 25.7 Å². The van der Waals surface area contributed by atoms with Gasteiger partial charge in [-0.1, -0.05) is 11.3 Å². The predicted octanol–water partition coefficient (Wildman–Crippen LogP) is 2.43. The molecular weight excluding hydrogens is 328 g/mol. The summed E-state index contributed by atoms with van der Waals surface area (Å²) in [7, 11) is -3.44. The fourth-order valence-electron chi connectivity index (χ4n) is 2.72. The van der Waals surface area contributed by atoms with Crippen LogP contribution in [0.25, 0.3) is 0 Å². The summed E-state index contributed by atoms with van der Waals surface area (Å²) in [5.74, 6) is 0.620. The average molecular weight is 346 g/mol. The van der Waals surface area contributed by atoms with E-state index in [1.807, 2.05) is 0 Å². The highest BCUT2D eigenvalue weighted by molar-refractivity contribution is 7.92. The minimum atomic E-state index is -3.44. The molecule has 1 aliphatic heterocycles. The molecule has 22 heavy (non-hydrogen) atoms. The second-order valence-corrected chi connectivity index (χ2v) is 9.22. The Morgan fingerprint density at radius 3 is 2.73 bits per heavy atom. The molecule has 9 heteroatoms. The zero-order valence-corrected chi connectivity index (χ0v) is 13.8. The fraction of sp³-hybridized carbons (Fsp3) is 0.692. The maximum absolute atomic E-state index is 11.6. The van der Waals surface area contributed by atoms with Gasteiger partial charge in [0.1, 0.15) is 4.21 Å². The molecule has 1 saturated heterocycles. The Labute approximate surface area is 132 Å². The number of thiophene rings is 1. The van der Waals surface area contributed by atoms with Crippen LogP contribution in [0.3, 0.4) is 0 Å². The van der Waals surface area contributed by atoms with Gasteiger partial charge in [-0.05, 0) is 31.6 Å². The van der Waals surface area contributed by atoms with Gasteiger partial charge in [-0.25, -0.2) is 8.42 Å². The van der Waals surface area contributed by atoms with E-state index >= 15 is 0 Å². The normalized spacial score (nSPS) is 25.9. The maximum atomic E-state index is 11.6. The Hall–Kier alpha value is -1.19. The van der Waals surface area contributed by atoms with E-state index in [2.05, 4.69) is 5.32 Å². The second kappa shape index (κ2) is 5.78. The van der Waals surface area contributed by atoms with Gasteiger partial charge < -0.3 is 10.1 Å². The highest BCUT2D eigenvalue weighted by atomic mass is 32.2.